The largest absolute Gasteiger partial charge is 0.383 e. The summed E-state index contributed by atoms with van der Waals surface area (Å²) in [5, 5.41) is 6.15. The van der Waals surface area contributed by atoms with Gasteiger partial charge in [0.1, 0.15) is 5.82 Å². The Labute approximate surface area is 130 Å². The number of halogens is 2. The van der Waals surface area contributed by atoms with Gasteiger partial charge in [-0.05, 0) is 41.0 Å². The van der Waals surface area contributed by atoms with Crippen LogP contribution in [-0.2, 0) is 0 Å². The molecular formula is C13H15BrClN3S. The Morgan fingerprint density at radius 2 is 2.32 bits per heavy atom. The molecule has 2 aromatic rings. The fraction of sp³-hybridized carbons (Fsp3) is 0.308. The van der Waals surface area contributed by atoms with Crippen LogP contribution >= 0.6 is 38.9 Å². The highest BCUT2D eigenvalue weighted by Crippen LogP contribution is 2.33. The standard InChI is InChI=1S/C13H15BrClN3S/c1-2-3-17-12(11-4-8(14)7-19-11)10-5-9(15)6-18-13(10)16/h4-7,12,17H,2-3H2,1H3,(H2,16,18). The normalized spacial score (nSPS) is 12.6. The molecule has 0 aliphatic rings. The Hall–Kier alpha value is -0.620. The Balaban J connectivity index is 2.39. The minimum absolute atomic E-state index is 0.0300. The summed E-state index contributed by atoms with van der Waals surface area (Å²) in [7, 11) is 0. The van der Waals surface area contributed by atoms with E-state index in [1.54, 1.807) is 17.5 Å². The summed E-state index contributed by atoms with van der Waals surface area (Å²) in [6, 6.07) is 4.01. The summed E-state index contributed by atoms with van der Waals surface area (Å²) in [6.07, 6.45) is 2.62. The summed E-state index contributed by atoms with van der Waals surface area (Å²) in [5.74, 6) is 0.516. The number of nitrogens with one attached hydrogen (secondary N) is 1. The lowest BCUT2D eigenvalue weighted by molar-refractivity contribution is 0.606. The maximum atomic E-state index is 6.04. The molecule has 19 heavy (non-hydrogen) atoms. The van der Waals surface area contributed by atoms with E-state index in [0.717, 1.165) is 23.0 Å². The van der Waals surface area contributed by atoms with Gasteiger partial charge in [0.15, 0.2) is 0 Å². The molecule has 2 heterocycles. The van der Waals surface area contributed by atoms with Crippen molar-refractivity contribution in [1.82, 2.24) is 10.3 Å². The van der Waals surface area contributed by atoms with Crippen molar-refractivity contribution in [2.24, 2.45) is 0 Å². The number of anilines is 1. The fourth-order valence-electron chi connectivity index (χ4n) is 1.83. The molecule has 0 spiro atoms. The smallest absolute Gasteiger partial charge is 0.128 e. The lowest BCUT2D eigenvalue weighted by Crippen LogP contribution is -2.23. The van der Waals surface area contributed by atoms with Crippen LogP contribution in [0, 0.1) is 0 Å². The highest BCUT2D eigenvalue weighted by Gasteiger charge is 2.19. The number of thiophene rings is 1. The van der Waals surface area contributed by atoms with Crippen LogP contribution in [-0.4, -0.2) is 11.5 Å². The van der Waals surface area contributed by atoms with Crippen LogP contribution in [0.4, 0.5) is 5.82 Å². The first-order chi connectivity index (χ1) is 9.11. The van der Waals surface area contributed by atoms with Gasteiger partial charge in [0.05, 0.1) is 11.1 Å². The number of pyridine rings is 1. The highest BCUT2D eigenvalue weighted by molar-refractivity contribution is 9.10. The first-order valence-electron chi connectivity index (χ1n) is 6.00. The van der Waals surface area contributed by atoms with E-state index < -0.39 is 0 Å². The molecular weight excluding hydrogens is 346 g/mol. The van der Waals surface area contributed by atoms with Crippen LogP contribution in [0.15, 0.2) is 28.2 Å². The molecule has 1 atom stereocenters. The van der Waals surface area contributed by atoms with Gasteiger partial charge in [0.2, 0.25) is 0 Å². The molecule has 0 fully saturated rings. The van der Waals surface area contributed by atoms with Gasteiger partial charge in [-0.2, -0.15) is 0 Å². The number of nitrogens with two attached hydrogens (primary N) is 1. The van der Waals surface area contributed by atoms with E-state index in [1.807, 2.05) is 6.07 Å². The molecule has 6 heteroatoms. The molecule has 0 bridgehead atoms. The Kier molecular flexibility index (Phi) is 5.21. The zero-order valence-electron chi connectivity index (χ0n) is 10.5. The molecule has 2 aromatic heterocycles. The maximum Gasteiger partial charge on any atom is 0.128 e. The SMILES string of the molecule is CCCNC(c1cc(Br)cs1)c1cc(Cl)cnc1N. The van der Waals surface area contributed by atoms with Crippen molar-refractivity contribution in [3.63, 3.8) is 0 Å². The van der Waals surface area contributed by atoms with Gasteiger partial charge in [-0.25, -0.2) is 4.98 Å². The average molecular weight is 361 g/mol. The summed E-state index contributed by atoms with van der Waals surface area (Å²) >= 11 is 11.2. The first-order valence-corrected chi connectivity index (χ1v) is 8.05. The van der Waals surface area contributed by atoms with Crippen LogP contribution in [0.3, 0.4) is 0 Å². The van der Waals surface area contributed by atoms with E-state index in [4.69, 9.17) is 17.3 Å². The molecule has 102 valence electrons. The third-order valence-corrected chi connectivity index (χ3v) is 4.66. The number of hydrogen-bond acceptors (Lipinski definition) is 4. The highest BCUT2D eigenvalue weighted by atomic mass is 79.9. The van der Waals surface area contributed by atoms with Crippen LogP contribution < -0.4 is 11.1 Å². The zero-order valence-corrected chi connectivity index (χ0v) is 13.6. The Morgan fingerprint density at radius 1 is 1.53 bits per heavy atom. The van der Waals surface area contributed by atoms with Gasteiger partial charge < -0.3 is 11.1 Å². The molecule has 2 rings (SSSR count). The molecule has 0 saturated carbocycles. The molecule has 1 unspecified atom stereocenters. The Morgan fingerprint density at radius 3 is 2.95 bits per heavy atom. The predicted octanol–water partition coefficient (Wildman–Crippen LogP) is 4.23. The fourth-order valence-corrected chi connectivity index (χ4v) is 3.53. The van der Waals surface area contributed by atoms with E-state index in [9.17, 15) is 0 Å². The van der Waals surface area contributed by atoms with E-state index >= 15 is 0 Å². The maximum absolute atomic E-state index is 6.04. The molecule has 0 aliphatic carbocycles. The van der Waals surface area contributed by atoms with Gasteiger partial charge in [-0.3, -0.25) is 0 Å². The second-order valence-corrected chi connectivity index (χ2v) is 6.48. The van der Waals surface area contributed by atoms with Gasteiger partial charge in [0, 0.05) is 26.5 Å². The van der Waals surface area contributed by atoms with Crippen molar-refractivity contribution in [3.8, 4) is 0 Å². The minimum Gasteiger partial charge on any atom is -0.383 e. The molecule has 0 radical (unpaired) electrons. The van der Waals surface area contributed by atoms with Crippen LogP contribution in [0.1, 0.15) is 29.8 Å². The molecule has 0 aliphatic heterocycles. The number of aromatic nitrogens is 1. The van der Waals surface area contributed by atoms with Gasteiger partial charge in [-0.15, -0.1) is 11.3 Å². The van der Waals surface area contributed by atoms with Crippen molar-refractivity contribution in [3.05, 3.63) is 43.6 Å². The predicted molar refractivity (Wildman–Crippen MR) is 85.8 cm³/mol. The number of nitrogens with zero attached hydrogens (tertiary/aromatic N) is 1. The van der Waals surface area contributed by atoms with Crippen molar-refractivity contribution >= 4 is 44.7 Å². The van der Waals surface area contributed by atoms with Gasteiger partial charge >= 0.3 is 0 Å². The topological polar surface area (TPSA) is 50.9 Å². The van der Waals surface area contributed by atoms with Crippen LogP contribution in [0.2, 0.25) is 5.02 Å². The third kappa shape index (κ3) is 3.69. The third-order valence-electron chi connectivity index (χ3n) is 2.70. The minimum atomic E-state index is 0.0300. The van der Waals surface area contributed by atoms with Crippen molar-refractivity contribution < 1.29 is 0 Å². The monoisotopic (exact) mass is 359 g/mol. The Bertz CT molecular complexity index is 559. The van der Waals surface area contributed by atoms with E-state index in [1.165, 1.54) is 4.88 Å². The number of rotatable bonds is 5. The average Bonchev–Trinajstić information content (AvgIpc) is 2.80. The summed E-state index contributed by atoms with van der Waals surface area (Å²) in [5.41, 5.74) is 6.92. The van der Waals surface area contributed by atoms with Gasteiger partial charge in [-0.1, -0.05) is 18.5 Å². The summed E-state index contributed by atoms with van der Waals surface area (Å²) in [6.45, 7) is 3.04. The van der Waals surface area contributed by atoms with Crippen LogP contribution in [0.25, 0.3) is 0 Å². The van der Waals surface area contributed by atoms with Gasteiger partial charge in [0.25, 0.3) is 0 Å². The van der Waals surface area contributed by atoms with Crippen molar-refractivity contribution in [1.29, 1.82) is 0 Å². The zero-order chi connectivity index (χ0) is 13.8. The first kappa shape index (κ1) is 14.8. The lowest BCUT2D eigenvalue weighted by Gasteiger charge is -2.19. The van der Waals surface area contributed by atoms with Crippen molar-refractivity contribution in [2.45, 2.75) is 19.4 Å². The van der Waals surface area contributed by atoms with E-state index in [2.05, 4.69) is 44.6 Å². The number of hydrogen-bond donors (Lipinski definition) is 2. The number of nitrogen functional groups attached to an aromatic ring is 1. The second-order valence-electron chi connectivity index (χ2n) is 4.18. The summed E-state index contributed by atoms with van der Waals surface area (Å²) in [4.78, 5) is 5.33. The van der Waals surface area contributed by atoms with Crippen molar-refractivity contribution in [2.75, 3.05) is 12.3 Å². The van der Waals surface area contributed by atoms with E-state index in [-0.39, 0.29) is 6.04 Å². The lowest BCUT2D eigenvalue weighted by atomic mass is 10.1. The molecule has 0 saturated heterocycles. The molecule has 3 N–H and O–H groups in total. The molecule has 0 amide bonds. The second kappa shape index (κ2) is 6.70. The molecule has 3 nitrogen and oxygen atoms in total. The van der Waals surface area contributed by atoms with Crippen LogP contribution in [0.5, 0.6) is 0 Å². The summed E-state index contributed by atoms with van der Waals surface area (Å²) < 4.78 is 1.07. The van der Waals surface area contributed by atoms with E-state index in [0.29, 0.717) is 10.8 Å². The quantitative estimate of drug-likeness (QED) is 0.839. The molecule has 0 aromatic carbocycles.